The molecule has 1 aromatic rings. The maximum atomic E-state index is 12.0. The van der Waals surface area contributed by atoms with Crippen molar-refractivity contribution in [3.63, 3.8) is 0 Å². The molecule has 1 aliphatic heterocycles. The Hall–Kier alpha value is -2.17. The maximum absolute atomic E-state index is 12.0. The fourth-order valence-electron chi connectivity index (χ4n) is 2.46. The molecule has 0 saturated carbocycles. The zero-order valence-corrected chi connectivity index (χ0v) is 12.9. The van der Waals surface area contributed by atoms with Gasteiger partial charge in [0.25, 0.3) is 0 Å². The Morgan fingerprint density at radius 3 is 2.48 bits per heavy atom. The van der Waals surface area contributed by atoms with E-state index in [-0.39, 0.29) is 5.91 Å². The van der Waals surface area contributed by atoms with E-state index < -0.39 is 0 Å². The van der Waals surface area contributed by atoms with Crippen molar-refractivity contribution in [1.29, 1.82) is 0 Å². The van der Waals surface area contributed by atoms with E-state index in [4.69, 9.17) is 10.5 Å². The predicted molar refractivity (Wildman–Crippen MR) is 85.6 cm³/mol. The molecular formula is C16H23N3O2. The first kappa shape index (κ1) is 15.2. The fraction of sp³-hybridized carbons (Fsp3) is 0.438. The lowest BCUT2D eigenvalue weighted by Crippen LogP contribution is -2.48. The van der Waals surface area contributed by atoms with Crippen molar-refractivity contribution in [3.8, 4) is 5.75 Å². The number of carbonyl (C=O) groups is 1. The number of nitrogen functional groups attached to an aromatic ring is 1. The summed E-state index contributed by atoms with van der Waals surface area (Å²) in [5, 5.41) is 0. The van der Waals surface area contributed by atoms with E-state index in [2.05, 4.69) is 4.90 Å². The van der Waals surface area contributed by atoms with E-state index >= 15 is 0 Å². The number of ether oxygens (including phenoxy) is 1. The van der Waals surface area contributed by atoms with Crippen LogP contribution in [-0.4, -0.2) is 44.1 Å². The van der Waals surface area contributed by atoms with Gasteiger partial charge in [0.05, 0.1) is 12.8 Å². The summed E-state index contributed by atoms with van der Waals surface area (Å²) in [6, 6.07) is 5.68. The van der Waals surface area contributed by atoms with Gasteiger partial charge < -0.3 is 20.3 Å². The molecule has 0 aromatic heterocycles. The highest BCUT2D eigenvalue weighted by molar-refractivity contribution is 5.88. The normalized spacial score (nSPS) is 14.8. The van der Waals surface area contributed by atoms with Crippen LogP contribution in [0, 0.1) is 0 Å². The van der Waals surface area contributed by atoms with Crippen molar-refractivity contribution in [1.82, 2.24) is 4.90 Å². The maximum Gasteiger partial charge on any atom is 0.246 e. The molecular weight excluding hydrogens is 266 g/mol. The third-order valence-electron chi connectivity index (χ3n) is 3.55. The Balaban J connectivity index is 2.04. The van der Waals surface area contributed by atoms with E-state index in [1.165, 1.54) is 0 Å². The number of rotatable bonds is 3. The third-order valence-corrected chi connectivity index (χ3v) is 3.55. The highest BCUT2D eigenvalue weighted by Gasteiger charge is 2.21. The molecule has 5 nitrogen and oxygen atoms in total. The molecule has 1 saturated heterocycles. The van der Waals surface area contributed by atoms with Crippen LogP contribution in [0.2, 0.25) is 0 Å². The van der Waals surface area contributed by atoms with Crippen molar-refractivity contribution in [2.45, 2.75) is 13.8 Å². The van der Waals surface area contributed by atoms with Gasteiger partial charge in [-0.3, -0.25) is 4.79 Å². The van der Waals surface area contributed by atoms with Crippen LogP contribution in [0.15, 0.2) is 29.8 Å². The van der Waals surface area contributed by atoms with Crippen molar-refractivity contribution in [2.75, 3.05) is 43.9 Å². The SMILES string of the molecule is COc1cc(N)ccc1N1CCN(C(=O)C=C(C)C)CC1. The fourth-order valence-corrected chi connectivity index (χ4v) is 2.46. The molecule has 0 unspecified atom stereocenters. The van der Waals surface area contributed by atoms with Crippen LogP contribution >= 0.6 is 0 Å². The minimum atomic E-state index is 0.0962. The number of hydrogen-bond donors (Lipinski definition) is 1. The van der Waals surface area contributed by atoms with Gasteiger partial charge in [0, 0.05) is 44.0 Å². The zero-order chi connectivity index (χ0) is 15.4. The number of methoxy groups -OCH3 is 1. The second-order valence-electron chi connectivity index (χ2n) is 5.47. The quantitative estimate of drug-likeness (QED) is 0.682. The standard InChI is InChI=1S/C16H23N3O2/c1-12(2)10-16(20)19-8-6-18(7-9-19)14-5-4-13(17)11-15(14)21-3/h4-5,10-11H,6-9,17H2,1-3H3. The molecule has 1 heterocycles. The van der Waals surface area contributed by atoms with Gasteiger partial charge in [-0.1, -0.05) is 5.57 Å². The van der Waals surface area contributed by atoms with Crippen molar-refractivity contribution >= 4 is 17.3 Å². The summed E-state index contributed by atoms with van der Waals surface area (Å²) in [4.78, 5) is 16.1. The van der Waals surface area contributed by atoms with Crippen LogP contribution in [0.5, 0.6) is 5.75 Å². The van der Waals surface area contributed by atoms with Gasteiger partial charge in [0.1, 0.15) is 5.75 Å². The zero-order valence-electron chi connectivity index (χ0n) is 12.9. The molecule has 1 aliphatic rings. The monoisotopic (exact) mass is 289 g/mol. The first-order chi connectivity index (χ1) is 10.0. The van der Waals surface area contributed by atoms with Crippen molar-refractivity contribution < 1.29 is 9.53 Å². The van der Waals surface area contributed by atoms with E-state index in [0.29, 0.717) is 5.69 Å². The number of piperazine rings is 1. The highest BCUT2D eigenvalue weighted by atomic mass is 16.5. The highest BCUT2D eigenvalue weighted by Crippen LogP contribution is 2.30. The molecule has 21 heavy (non-hydrogen) atoms. The molecule has 0 aliphatic carbocycles. The molecule has 0 bridgehead atoms. The molecule has 2 N–H and O–H groups in total. The third kappa shape index (κ3) is 3.68. The molecule has 1 fully saturated rings. The van der Waals surface area contributed by atoms with E-state index in [1.807, 2.05) is 36.9 Å². The van der Waals surface area contributed by atoms with Gasteiger partial charge in [-0.15, -0.1) is 0 Å². The average molecular weight is 289 g/mol. The van der Waals surface area contributed by atoms with Crippen molar-refractivity contribution in [2.24, 2.45) is 0 Å². The first-order valence-electron chi connectivity index (χ1n) is 7.13. The summed E-state index contributed by atoms with van der Waals surface area (Å²) in [5.41, 5.74) is 8.53. The smallest absolute Gasteiger partial charge is 0.246 e. The van der Waals surface area contributed by atoms with Crippen LogP contribution in [-0.2, 0) is 4.79 Å². The number of hydrogen-bond acceptors (Lipinski definition) is 4. The van der Waals surface area contributed by atoms with Gasteiger partial charge in [-0.25, -0.2) is 0 Å². The van der Waals surface area contributed by atoms with Crippen LogP contribution in [0.25, 0.3) is 0 Å². The predicted octanol–water partition coefficient (Wildman–Crippen LogP) is 1.89. The van der Waals surface area contributed by atoms with Crippen LogP contribution in [0.1, 0.15) is 13.8 Å². The van der Waals surface area contributed by atoms with Gasteiger partial charge in [-0.2, -0.15) is 0 Å². The minimum Gasteiger partial charge on any atom is -0.495 e. The molecule has 5 heteroatoms. The van der Waals surface area contributed by atoms with Crippen molar-refractivity contribution in [3.05, 3.63) is 29.8 Å². The Bertz CT molecular complexity index is 542. The Morgan fingerprint density at radius 1 is 1.24 bits per heavy atom. The van der Waals surface area contributed by atoms with Gasteiger partial charge in [0.15, 0.2) is 0 Å². The number of carbonyl (C=O) groups excluding carboxylic acids is 1. The number of anilines is 2. The molecule has 2 rings (SSSR count). The number of nitrogens with two attached hydrogens (primary N) is 1. The number of benzene rings is 1. The lowest BCUT2D eigenvalue weighted by Gasteiger charge is -2.36. The van der Waals surface area contributed by atoms with Gasteiger partial charge >= 0.3 is 0 Å². The molecule has 114 valence electrons. The lowest BCUT2D eigenvalue weighted by atomic mass is 10.2. The second kappa shape index (κ2) is 6.52. The molecule has 0 radical (unpaired) electrons. The second-order valence-corrected chi connectivity index (χ2v) is 5.47. The van der Waals surface area contributed by atoms with Crippen LogP contribution in [0.4, 0.5) is 11.4 Å². The summed E-state index contributed by atoms with van der Waals surface area (Å²) in [6.45, 7) is 6.90. The summed E-state index contributed by atoms with van der Waals surface area (Å²) in [6.07, 6.45) is 1.69. The van der Waals surface area contributed by atoms with Crippen LogP contribution < -0.4 is 15.4 Å². The van der Waals surface area contributed by atoms with Crippen LogP contribution in [0.3, 0.4) is 0 Å². The molecule has 1 amide bonds. The Morgan fingerprint density at radius 2 is 1.90 bits per heavy atom. The molecule has 0 spiro atoms. The van der Waals surface area contributed by atoms with E-state index in [1.54, 1.807) is 13.2 Å². The number of nitrogens with zero attached hydrogens (tertiary/aromatic N) is 2. The number of amides is 1. The summed E-state index contributed by atoms with van der Waals surface area (Å²) >= 11 is 0. The lowest BCUT2D eigenvalue weighted by molar-refractivity contribution is -0.126. The summed E-state index contributed by atoms with van der Waals surface area (Å²) in [7, 11) is 1.65. The van der Waals surface area contributed by atoms with Gasteiger partial charge in [-0.05, 0) is 26.0 Å². The largest absolute Gasteiger partial charge is 0.495 e. The van der Waals surface area contributed by atoms with Gasteiger partial charge in [0.2, 0.25) is 5.91 Å². The minimum absolute atomic E-state index is 0.0962. The van der Waals surface area contributed by atoms with E-state index in [0.717, 1.165) is 43.2 Å². The first-order valence-corrected chi connectivity index (χ1v) is 7.13. The summed E-state index contributed by atoms with van der Waals surface area (Å²) in [5.74, 6) is 0.873. The molecule has 0 atom stereocenters. The molecule has 1 aromatic carbocycles. The Kier molecular flexibility index (Phi) is 4.73. The van der Waals surface area contributed by atoms with E-state index in [9.17, 15) is 4.79 Å². The Labute approximate surface area is 126 Å². The summed E-state index contributed by atoms with van der Waals surface area (Å²) < 4.78 is 5.39. The topological polar surface area (TPSA) is 58.8 Å². The average Bonchev–Trinajstić information content (AvgIpc) is 2.46. The number of allylic oxidation sites excluding steroid dienone is 1.